The quantitative estimate of drug-likeness (QED) is 0.627. The summed E-state index contributed by atoms with van der Waals surface area (Å²) < 4.78 is 7.68. The van der Waals surface area contributed by atoms with Gasteiger partial charge in [0.2, 0.25) is 0 Å². The van der Waals surface area contributed by atoms with Gasteiger partial charge in [0, 0.05) is 25.4 Å². The zero-order valence-electron chi connectivity index (χ0n) is 10.6. The minimum absolute atomic E-state index is 0.174. The van der Waals surface area contributed by atoms with Crippen LogP contribution in [0.2, 0.25) is 0 Å². The van der Waals surface area contributed by atoms with Crippen molar-refractivity contribution in [3.05, 3.63) is 40.6 Å². The van der Waals surface area contributed by atoms with Gasteiger partial charge in [0.05, 0.1) is 21.9 Å². The molecule has 100 valence electrons. The van der Waals surface area contributed by atoms with Crippen molar-refractivity contribution in [2.24, 2.45) is 0 Å². The number of hydrogen-bond donors (Lipinski definition) is 0. The third-order valence-electron chi connectivity index (χ3n) is 3.70. The van der Waals surface area contributed by atoms with Crippen LogP contribution in [0.4, 0.5) is 5.69 Å². The molecule has 0 aliphatic carbocycles. The zero-order chi connectivity index (χ0) is 13.2. The molecule has 1 aromatic heterocycles. The molecule has 5 heteroatoms. The Hall–Kier alpha value is -1.88. The second-order valence-electron chi connectivity index (χ2n) is 4.90. The summed E-state index contributed by atoms with van der Waals surface area (Å²) in [6.07, 6.45) is 5.50. The summed E-state index contributed by atoms with van der Waals surface area (Å²) in [5.41, 5.74) is 1.10. The molecule has 1 saturated heterocycles. The van der Waals surface area contributed by atoms with Gasteiger partial charge in [-0.3, -0.25) is 10.1 Å². The molecule has 0 amide bonds. The first-order valence-corrected chi connectivity index (χ1v) is 6.59. The Morgan fingerprint density at radius 2 is 2.32 bits per heavy atom. The summed E-state index contributed by atoms with van der Waals surface area (Å²) in [4.78, 5) is 10.6. The average molecular weight is 260 g/mol. The van der Waals surface area contributed by atoms with Crippen molar-refractivity contribution < 1.29 is 9.66 Å². The summed E-state index contributed by atoms with van der Waals surface area (Å²) >= 11 is 0. The van der Waals surface area contributed by atoms with Gasteiger partial charge in [-0.25, -0.2) is 0 Å². The summed E-state index contributed by atoms with van der Waals surface area (Å²) in [6.45, 7) is 1.71. The van der Waals surface area contributed by atoms with Gasteiger partial charge in [-0.15, -0.1) is 0 Å². The Bertz CT molecular complexity index is 600. The molecule has 1 unspecified atom stereocenters. The fourth-order valence-electron chi connectivity index (χ4n) is 2.72. The van der Waals surface area contributed by atoms with Gasteiger partial charge in [0.1, 0.15) is 0 Å². The molecule has 0 N–H and O–H groups in total. The van der Waals surface area contributed by atoms with Gasteiger partial charge in [0.15, 0.2) is 0 Å². The molecule has 0 bridgehead atoms. The monoisotopic (exact) mass is 260 g/mol. The van der Waals surface area contributed by atoms with Crippen LogP contribution in [-0.4, -0.2) is 22.2 Å². The number of ether oxygens (including phenoxy) is 1. The SMILES string of the molecule is O=[N+]([O-])c1cccc2c1ccn2CCC1CCCO1. The number of fused-ring (bicyclic) bond motifs is 1. The van der Waals surface area contributed by atoms with Gasteiger partial charge in [-0.1, -0.05) is 6.07 Å². The highest BCUT2D eigenvalue weighted by molar-refractivity contribution is 5.89. The molecule has 1 fully saturated rings. The second kappa shape index (κ2) is 5.01. The van der Waals surface area contributed by atoms with Gasteiger partial charge >= 0.3 is 0 Å². The number of nitro groups is 1. The predicted molar refractivity (Wildman–Crippen MR) is 72.2 cm³/mol. The van der Waals surface area contributed by atoms with Crippen LogP contribution in [-0.2, 0) is 11.3 Å². The summed E-state index contributed by atoms with van der Waals surface area (Å²) in [5.74, 6) is 0. The van der Waals surface area contributed by atoms with Crippen molar-refractivity contribution in [1.29, 1.82) is 0 Å². The Labute approximate surface area is 110 Å². The van der Waals surface area contributed by atoms with E-state index in [4.69, 9.17) is 4.74 Å². The van der Waals surface area contributed by atoms with E-state index in [0.717, 1.165) is 37.9 Å². The van der Waals surface area contributed by atoms with Crippen LogP contribution in [0.3, 0.4) is 0 Å². The summed E-state index contributed by atoms with van der Waals surface area (Å²) in [7, 11) is 0. The molecule has 2 aromatic rings. The average Bonchev–Trinajstić information content (AvgIpc) is 3.05. The van der Waals surface area contributed by atoms with Crippen LogP contribution in [0, 0.1) is 10.1 Å². The van der Waals surface area contributed by atoms with Crippen LogP contribution in [0.25, 0.3) is 10.9 Å². The molecular formula is C14H16N2O3. The number of nitrogens with zero attached hydrogens (tertiary/aromatic N) is 2. The lowest BCUT2D eigenvalue weighted by Gasteiger charge is -2.10. The molecular weight excluding hydrogens is 244 g/mol. The van der Waals surface area contributed by atoms with E-state index in [9.17, 15) is 10.1 Å². The number of non-ortho nitro benzene ring substituents is 1. The molecule has 19 heavy (non-hydrogen) atoms. The largest absolute Gasteiger partial charge is 0.378 e. The van der Waals surface area contributed by atoms with E-state index >= 15 is 0 Å². The predicted octanol–water partition coefficient (Wildman–Crippen LogP) is 3.12. The topological polar surface area (TPSA) is 57.3 Å². The fraction of sp³-hybridized carbons (Fsp3) is 0.429. The molecule has 0 radical (unpaired) electrons. The lowest BCUT2D eigenvalue weighted by Crippen LogP contribution is -2.09. The number of rotatable bonds is 4. The van der Waals surface area contributed by atoms with E-state index in [1.807, 2.05) is 18.3 Å². The van der Waals surface area contributed by atoms with Crippen LogP contribution in [0.1, 0.15) is 19.3 Å². The van der Waals surface area contributed by atoms with Gasteiger partial charge in [-0.2, -0.15) is 0 Å². The summed E-state index contributed by atoms with van der Waals surface area (Å²) in [5, 5.41) is 11.7. The second-order valence-corrected chi connectivity index (χ2v) is 4.90. The molecule has 1 aliphatic heterocycles. The molecule has 0 spiro atoms. The highest BCUT2D eigenvalue weighted by Crippen LogP contribution is 2.27. The standard InChI is InChI=1S/C14H16N2O3/c17-16(18)14-5-1-4-13-12(14)7-9-15(13)8-6-11-3-2-10-19-11/h1,4-5,7,9,11H,2-3,6,8,10H2. The maximum absolute atomic E-state index is 11.0. The minimum Gasteiger partial charge on any atom is -0.378 e. The Kier molecular flexibility index (Phi) is 3.21. The van der Waals surface area contributed by atoms with Crippen LogP contribution < -0.4 is 0 Å². The zero-order valence-corrected chi connectivity index (χ0v) is 10.6. The minimum atomic E-state index is -0.327. The lowest BCUT2D eigenvalue weighted by atomic mass is 10.2. The van der Waals surface area contributed by atoms with Crippen LogP contribution in [0.5, 0.6) is 0 Å². The smallest absolute Gasteiger partial charge is 0.278 e. The fourth-order valence-corrected chi connectivity index (χ4v) is 2.72. The maximum Gasteiger partial charge on any atom is 0.278 e. The summed E-state index contributed by atoms with van der Waals surface area (Å²) in [6, 6.07) is 7.04. The first-order valence-electron chi connectivity index (χ1n) is 6.59. The Morgan fingerprint density at radius 1 is 1.42 bits per heavy atom. The highest BCUT2D eigenvalue weighted by Gasteiger charge is 2.17. The van der Waals surface area contributed by atoms with Crippen molar-refractivity contribution in [3.63, 3.8) is 0 Å². The third kappa shape index (κ3) is 2.33. The van der Waals surface area contributed by atoms with Crippen molar-refractivity contribution in [2.45, 2.75) is 31.9 Å². The van der Waals surface area contributed by atoms with Crippen molar-refractivity contribution in [3.8, 4) is 0 Å². The van der Waals surface area contributed by atoms with E-state index < -0.39 is 0 Å². The highest BCUT2D eigenvalue weighted by atomic mass is 16.6. The number of hydrogen-bond acceptors (Lipinski definition) is 3. The lowest BCUT2D eigenvalue weighted by molar-refractivity contribution is -0.383. The van der Waals surface area contributed by atoms with Gasteiger partial charge < -0.3 is 9.30 Å². The normalized spacial score (nSPS) is 19.1. The van der Waals surface area contributed by atoms with E-state index in [1.54, 1.807) is 12.1 Å². The van der Waals surface area contributed by atoms with Crippen LogP contribution in [0.15, 0.2) is 30.5 Å². The number of benzene rings is 1. The van der Waals surface area contributed by atoms with Gasteiger partial charge in [-0.05, 0) is 31.4 Å². The van der Waals surface area contributed by atoms with Crippen molar-refractivity contribution in [2.75, 3.05) is 6.61 Å². The van der Waals surface area contributed by atoms with E-state index in [1.165, 1.54) is 0 Å². The Balaban J connectivity index is 1.84. The first kappa shape index (κ1) is 12.2. The number of aromatic nitrogens is 1. The number of nitro benzene ring substituents is 1. The molecule has 1 atom stereocenters. The van der Waals surface area contributed by atoms with Crippen molar-refractivity contribution >= 4 is 16.6 Å². The van der Waals surface area contributed by atoms with E-state index in [0.29, 0.717) is 11.5 Å². The maximum atomic E-state index is 11.0. The first-order chi connectivity index (χ1) is 9.25. The van der Waals surface area contributed by atoms with Crippen LogP contribution >= 0.6 is 0 Å². The van der Waals surface area contributed by atoms with E-state index in [-0.39, 0.29) is 10.6 Å². The molecule has 1 aromatic carbocycles. The molecule has 2 heterocycles. The van der Waals surface area contributed by atoms with Crippen molar-refractivity contribution in [1.82, 2.24) is 4.57 Å². The molecule has 1 aliphatic rings. The third-order valence-corrected chi connectivity index (χ3v) is 3.70. The molecule has 0 saturated carbocycles. The Morgan fingerprint density at radius 3 is 3.05 bits per heavy atom. The van der Waals surface area contributed by atoms with E-state index in [2.05, 4.69) is 4.57 Å². The molecule has 3 rings (SSSR count). The molecule has 5 nitrogen and oxygen atoms in total. The van der Waals surface area contributed by atoms with Gasteiger partial charge in [0.25, 0.3) is 5.69 Å². The number of aryl methyl sites for hydroxylation is 1.